The fourth-order valence-electron chi connectivity index (χ4n) is 6.50. The molecule has 49 heavy (non-hydrogen) atoms. The average Bonchev–Trinajstić information content (AvgIpc) is 3.08. The molecule has 2 aliphatic heterocycles. The van der Waals surface area contributed by atoms with Crippen molar-refractivity contribution in [2.75, 3.05) is 24.7 Å². The van der Waals surface area contributed by atoms with E-state index in [0.717, 1.165) is 11.1 Å². The number of halogens is 2. The number of aryl methyl sites for hydroxylation is 1. The van der Waals surface area contributed by atoms with Gasteiger partial charge in [0.2, 0.25) is 5.91 Å². The molecule has 0 aromatic heterocycles. The third-order valence-corrected chi connectivity index (χ3v) is 9.36. The summed E-state index contributed by atoms with van der Waals surface area (Å²) in [5.74, 6) is -2.50. The minimum atomic E-state index is -1.05. The SMILES string of the molecule is O=C(COC1(CCc2ccc([C@@H]3[C@@H](CC[C@H](O)c4ccc(F)cc4)C(=O)N3c3ccc(F)cc3)cc2)COC1)Cc1cccc(C(=O)O)c1. The van der Waals surface area contributed by atoms with E-state index in [1.807, 2.05) is 24.3 Å². The van der Waals surface area contributed by atoms with E-state index in [-0.39, 0.29) is 42.1 Å². The van der Waals surface area contributed by atoms with E-state index in [2.05, 4.69) is 0 Å². The first-order valence-electron chi connectivity index (χ1n) is 16.3. The van der Waals surface area contributed by atoms with Crippen LogP contribution in [0.1, 0.15) is 64.0 Å². The molecular weight excluding hydrogens is 632 g/mol. The summed E-state index contributed by atoms with van der Waals surface area (Å²) < 4.78 is 38.6. The van der Waals surface area contributed by atoms with Gasteiger partial charge in [0, 0.05) is 12.1 Å². The van der Waals surface area contributed by atoms with Crippen LogP contribution in [0.3, 0.4) is 0 Å². The molecule has 2 saturated heterocycles. The fraction of sp³-hybridized carbons (Fsp3) is 0.308. The molecule has 8 nitrogen and oxygen atoms in total. The van der Waals surface area contributed by atoms with Crippen molar-refractivity contribution in [2.24, 2.45) is 5.92 Å². The Hall–Kier alpha value is -4.77. The number of hydrogen-bond donors (Lipinski definition) is 2. The molecule has 0 radical (unpaired) electrons. The van der Waals surface area contributed by atoms with Gasteiger partial charge in [0.05, 0.1) is 36.8 Å². The highest BCUT2D eigenvalue weighted by atomic mass is 19.1. The molecule has 0 spiro atoms. The first-order chi connectivity index (χ1) is 23.6. The zero-order valence-electron chi connectivity index (χ0n) is 26.8. The first-order valence-corrected chi connectivity index (χ1v) is 16.3. The molecule has 0 unspecified atom stereocenters. The van der Waals surface area contributed by atoms with Gasteiger partial charge in [0.15, 0.2) is 5.78 Å². The summed E-state index contributed by atoms with van der Waals surface area (Å²) in [6.45, 7) is 0.635. The Morgan fingerprint density at radius 1 is 0.918 bits per heavy atom. The number of amides is 1. The summed E-state index contributed by atoms with van der Waals surface area (Å²) >= 11 is 0. The van der Waals surface area contributed by atoms with Crippen molar-refractivity contribution in [3.8, 4) is 0 Å². The number of aliphatic hydroxyl groups excluding tert-OH is 1. The molecule has 0 bridgehead atoms. The number of aliphatic hydroxyl groups is 1. The molecule has 0 aliphatic carbocycles. The number of hydrogen-bond acceptors (Lipinski definition) is 6. The summed E-state index contributed by atoms with van der Waals surface area (Å²) in [6.07, 6.45) is 1.24. The van der Waals surface area contributed by atoms with Crippen LogP contribution in [0.4, 0.5) is 14.5 Å². The third kappa shape index (κ3) is 7.94. The Balaban J connectivity index is 1.08. The normalized spacial score (nSPS) is 18.8. The molecule has 2 N–H and O–H groups in total. The number of β-lactam (4-membered cyclic amide) rings is 1. The van der Waals surface area contributed by atoms with Crippen LogP contribution in [0.15, 0.2) is 97.1 Å². The summed E-state index contributed by atoms with van der Waals surface area (Å²) in [5, 5.41) is 19.9. The van der Waals surface area contributed by atoms with Gasteiger partial charge in [0.1, 0.15) is 23.8 Å². The lowest BCUT2D eigenvalue weighted by Gasteiger charge is -2.48. The van der Waals surface area contributed by atoms with Crippen molar-refractivity contribution >= 4 is 23.3 Å². The summed E-state index contributed by atoms with van der Waals surface area (Å²) in [4.78, 5) is 39.0. The number of anilines is 1. The third-order valence-electron chi connectivity index (χ3n) is 9.36. The van der Waals surface area contributed by atoms with Crippen LogP contribution in [-0.4, -0.2) is 53.3 Å². The number of ketones is 1. The Kier molecular flexibility index (Phi) is 10.3. The maximum Gasteiger partial charge on any atom is 0.335 e. The highest BCUT2D eigenvalue weighted by Gasteiger charge is 2.48. The van der Waals surface area contributed by atoms with Crippen LogP contribution >= 0.6 is 0 Å². The van der Waals surface area contributed by atoms with Gasteiger partial charge in [0.25, 0.3) is 0 Å². The van der Waals surface area contributed by atoms with E-state index >= 15 is 0 Å². The van der Waals surface area contributed by atoms with Crippen LogP contribution in [0.2, 0.25) is 0 Å². The highest BCUT2D eigenvalue weighted by molar-refractivity contribution is 6.03. The van der Waals surface area contributed by atoms with Crippen molar-refractivity contribution in [3.63, 3.8) is 0 Å². The minimum Gasteiger partial charge on any atom is -0.478 e. The van der Waals surface area contributed by atoms with E-state index in [1.165, 1.54) is 48.5 Å². The van der Waals surface area contributed by atoms with Crippen LogP contribution in [0.5, 0.6) is 0 Å². The molecule has 2 fully saturated rings. The molecule has 2 heterocycles. The number of ether oxygens (including phenoxy) is 2. The zero-order chi connectivity index (χ0) is 34.5. The highest BCUT2D eigenvalue weighted by Crippen LogP contribution is 2.46. The molecule has 0 saturated carbocycles. The number of aromatic carboxylic acids is 1. The Labute approximate surface area is 282 Å². The lowest BCUT2D eigenvalue weighted by molar-refractivity contribution is -0.211. The number of rotatable bonds is 15. The van der Waals surface area contributed by atoms with E-state index in [4.69, 9.17) is 9.47 Å². The second-order valence-electron chi connectivity index (χ2n) is 12.8. The number of carbonyl (C=O) groups is 3. The van der Waals surface area contributed by atoms with Crippen molar-refractivity contribution in [1.82, 2.24) is 0 Å². The summed E-state index contributed by atoms with van der Waals surface area (Å²) in [6, 6.07) is 25.4. The predicted octanol–water partition coefficient (Wildman–Crippen LogP) is 6.41. The van der Waals surface area contributed by atoms with Gasteiger partial charge in [-0.25, -0.2) is 13.6 Å². The molecule has 3 atom stereocenters. The maximum absolute atomic E-state index is 13.7. The maximum atomic E-state index is 13.7. The largest absolute Gasteiger partial charge is 0.478 e. The number of carboxylic acid groups (broad SMARTS) is 1. The molecule has 1 amide bonds. The van der Waals surface area contributed by atoms with Gasteiger partial charge < -0.3 is 24.6 Å². The second kappa shape index (κ2) is 14.8. The standard InChI is InChI=1S/C39H37F2NO7/c40-30-10-8-27(9-11-30)35(44)17-16-34-36(42(37(34)45)32-14-12-31(41)13-15-32)28-6-4-25(5-7-28)18-19-39(23-48-24-39)49-22-33(43)21-26-2-1-3-29(20-26)38(46)47/h1-15,20,34-36,44H,16-19,21-24H2,(H,46,47)/t34-,35+,36-/m1/s1. The molecule has 10 heteroatoms. The van der Waals surface area contributed by atoms with Crippen LogP contribution in [0, 0.1) is 17.6 Å². The topological polar surface area (TPSA) is 113 Å². The minimum absolute atomic E-state index is 0.0737. The number of benzene rings is 4. The number of nitrogens with zero attached hydrogens (tertiary/aromatic N) is 1. The van der Waals surface area contributed by atoms with Gasteiger partial charge >= 0.3 is 5.97 Å². The molecule has 4 aromatic carbocycles. The summed E-state index contributed by atoms with van der Waals surface area (Å²) in [5.41, 5.74) is 3.27. The monoisotopic (exact) mass is 669 g/mol. The smallest absolute Gasteiger partial charge is 0.335 e. The van der Waals surface area contributed by atoms with Gasteiger partial charge in [-0.3, -0.25) is 9.59 Å². The molecule has 4 aromatic rings. The zero-order valence-corrected chi connectivity index (χ0v) is 26.8. The lowest BCUT2D eigenvalue weighted by atomic mass is 9.78. The fourth-order valence-corrected chi connectivity index (χ4v) is 6.50. The Morgan fingerprint density at radius 3 is 2.22 bits per heavy atom. The van der Waals surface area contributed by atoms with E-state index in [1.54, 1.807) is 29.2 Å². The second-order valence-corrected chi connectivity index (χ2v) is 12.8. The first kappa shape index (κ1) is 34.1. The van der Waals surface area contributed by atoms with E-state index in [9.17, 15) is 33.4 Å². The van der Waals surface area contributed by atoms with Gasteiger partial charge in [-0.2, -0.15) is 0 Å². The molecular formula is C39H37F2NO7. The Morgan fingerprint density at radius 2 is 1.59 bits per heavy atom. The van der Waals surface area contributed by atoms with Crippen molar-refractivity contribution in [3.05, 3.63) is 137 Å². The summed E-state index contributed by atoms with van der Waals surface area (Å²) in [7, 11) is 0. The molecule has 2 aliphatic rings. The quantitative estimate of drug-likeness (QED) is 0.141. The van der Waals surface area contributed by atoms with Crippen LogP contribution in [-0.2, 0) is 31.9 Å². The van der Waals surface area contributed by atoms with Crippen molar-refractivity contribution < 1.29 is 42.9 Å². The van der Waals surface area contributed by atoms with Gasteiger partial charge in [-0.1, -0.05) is 48.5 Å². The Bertz CT molecular complexity index is 1790. The number of Topliss-reactive ketones (excluding diaryl/α,β-unsaturated/α-hetero) is 1. The van der Waals surface area contributed by atoms with Crippen molar-refractivity contribution in [1.29, 1.82) is 0 Å². The van der Waals surface area contributed by atoms with Crippen LogP contribution in [0.25, 0.3) is 0 Å². The number of carbonyl (C=O) groups excluding carboxylic acids is 2. The average molecular weight is 670 g/mol. The predicted molar refractivity (Wildman–Crippen MR) is 177 cm³/mol. The van der Waals surface area contributed by atoms with Crippen molar-refractivity contribution in [2.45, 2.75) is 49.9 Å². The van der Waals surface area contributed by atoms with Gasteiger partial charge in [-0.15, -0.1) is 0 Å². The molecule has 254 valence electrons. The lowest BCUT2D eigenvalue weighted by Crippen LogP contribution is -2.55. The van der Waals surface area contributed by atoms with Crippen LogP contribution < -0.4 is 4.90 Å². The van der Waals surface area contributed by atoms with Gasteiger partial charge in [-0.05, 0) is 96.5 Å². The molecule has 6 rings (SSSR count). The number of carboxylic acids is 1. The van der Waals surface area contributed by atoms with E-state index in [0.29, 0.717) is 55.7 Å². The van der Waals surface area contributed by atoms with E-state index < -0.39 is 29.4 Å².